The monoisotopic (exact) mass is 278 g/mol. The molecule has 0 fully saturated rings. The fourth-order valence-corrected chi connectivity index (χ4v) is 1.90. The van der Waals surface area contributed by atoms with Gasteiger partial charge in [0, 0.05) is 16.3 Å². The van der Waals surface area contributed by atoms with Crippen LogP contribution in [0.25, 0.3) is 0 Å². The highest BCUT2D eigenvalue weighted by atomic mass is 35.5. The van der Waals surface area contributed by atoms with Gasteiger partial charge in [-0.15, -0.1) is 0 Å². The lowest BCUT2D eigenvalue weighted by Crippen LogP contribution is -2.28. The van der Waals surface area contributed by atoms with E-state index in [0.717, 1.165) is 6.07 Å². The van der Waals surface area contributed by atoms with Crippen LogP contribution in [0.3, 0.4) is 0 Å². The molecule has 0 aliphatic rings. The molecular formula is C14H12ClFN2O. The van der Waals surface area contributed by atoms with Crippen LogP contribution in [-0.4, -0.2) is 5.91 Å². The highest BCUT2D eigenvalue weighted by molar-refractivity contribution is 6.30. The zero-order valence-corrected chi connectivity index (χ0v) is 10.7. The number of primary amides is 1. The first-order valence-electron chi connectivity index (χ1n) is 5.64. The van der Waals surface area contributed by atoms with Crippen molar-refractivity contribution in [1.82, 2.24) is 0 Å². The SMILES string of the molecule is NC(=O)C(Nc1ccccc1)c1ccc(Cl)cc1F. The van der Waals surface area contributed by atoms with Crippen LogP contribution >= 0.6 is 11.6 Å². The first kappa shape index (κ1) is 13.4. The first-order valence-corrected chi connectivity index (χ1v) is 6.01. The molecular weight excluding hydrogens is 267 g/mol. The van der Waals surface area contributed by atoms with Crippen LogP contribution < -0.4 is 11.1 Å². The van der Waals surface area contributed by atoms with Crippen molar-refractivity contribution >= 4 is 23.2 Å². The van der Waals surface area contributed by atoms with Gasteiger partial charge in [-0.3, -0.25) is 4.79 Å². The summed E-state index contributed by atoms with van der Waals surface area (Å²) < 4.78 is 13.8. The maximum Gasteiger partial charge on any atom is 0.244 e. The van der Waals surface area contributed by atoms with Gasteiger partial charge in [0.25, 0.3) is 0 Å². The summed E-state index contributed by atoms with van der Waals surface area (Å²) in [5.41, 5.74) is 6.17. The summed E-state index contributed by atoms with van der Waals surface area (Å²) in [6, 6.07) is 12.2. The molecule has 1 amide bonds. The van der Waals surface area contributed by atoms with E-state index in [1.54, 1.807) is 24.3 Å². The van der Waals surface area contributed by atoms with Gasteiger partial charge in [0.15, 0.2) is 0 Å². The Morgan fingerprint density at radius 3 is 2.47 bits per heavy atom. The van der Waals surface area contributed by atoms with Gasteiger partial charge in [-0.25, -0.2) is 4.39 Å². The number of carbonyl (C=O) groups is 1. The third-order valence-corrected chi connectivity index (χ3v) is 2.88. The van der Waals surface area contributed by atoms with E-state index < -0.39 is 17.8 Å². The minimum Gasteiger partial charge on any atom is -0.370 e. The van der Waals surface area contributed by atoms with E-state index in [0.29, 0.717) is 5.69 Å². The number of hydrogen-bond donors (Lipinski definition) is 2. The molecule has 0 saturated heterocycles. The molecule has 0 aliphatic carbocycles. The van der Waals surface area contributed by atoms with E-state index in [9.17, 15) is 9.18 Å². The predicted molar refractivity (Wildman–Crippen MR) is 73.4 cm³/mol. The number of carbonyl (C=O) groups excluding carboxylic acids is 1. The summed E-state index contributed by atoms with van der Waals surface area (Å²) in [7, 11) is 0. The number of nitrogens with two attached hydrogens (primary N) is 1. The molecule has 19 heavy (non-hydrogen) atoms. The van der Waals surface area contributed by atoms with Crippen molar-refractivity contribution in [1.29, 1.82) is 0 Å². The largest absolute Gasteiger partial charge is 0.370 e. The molecule has 2 aromatic rings. The number of amides is 1. The van der Waals surface area contributed by atoms with E-state index in [-0.39, 0.29) is 10.6 Å². The second-order valence-corrected chi connectivity index (χ2v) is 4.45. The normalized spacial score (nSPS) is 11.9. The van der Waals surface area contributed by atoms with E-state index in [1.165, 1.54) is 12.1 Å². The van der Waals surface area contributed by atoms with Crippen LogP contribution in [0.2, 0.25) is 5.02 Å². The van der Waals surface area contributed by atoms with E-state index in [1.807, 2.05) is 6.07 Å². The van der Waals surface area contributed by atoms with Crippen LogP contribution in [0.15, 0.2) is 48.5 Å². The Bertz CT molecular complexity index is 589. The number of halogens is 2. The van der Waals surface area contributed by atoms with Gasteiger partial charge in [-0.2, -0.15) is 0 Å². The van der Waals surface area contributed by atoms with Gasteiger partial charge >= 0.3 is 0 Å². The third-order valence-electron chi connectivity index (χ3n) is 2.64. The third kappa shape index (κ3) is 3.23. The maximum atomic E-state index is 13.8. The minimum atomic E-state index is -0.945. The molecule has 2 rings (SSSR count). The predicted octanol–water partition coefficient (Wildman–Crippen LogP) is 3.12. The lowest BCUT2D eigenvalue weighted by molar-refractivity contribution is -0.118. The second-order valence-electron chi connectivity index (χ2n) is 4.01. The standard InChI is InChI=1S/C14H12ClFN2O/c15-9-6-7-11(12(16)8-9)13(14(17)19)18-10-4-2-1-3-5-10/h1-8,13,18H,(H2,17,19). The molecule has 0 aliphatic heterocycles. The fourth-order valence-electron chi connectivity index (χ4n) is 1.74. The molecule has 3 N–H and O–H groups in total. The first-order chi connectivity index (χ1) is 9.08. The summed E-state index contributed by atoms with van der Waals surface area (Å²) in [6.07, 6.45) is 0. The van der Waals surface area contributed by atoms with Gasteiger partial charge in [0.1, 0.15) is 11.9 Å². The minimum absolute atomic E-state index is 0.167. The molecule has 1 unspecified atom stereocenters. The molecule has 0 aromatic heterocycles. The van der Waals surface area contributed by atoms with E-state index >= 15 is 0 Å². The Kier molecular flexibility index (Phi) is 4.02. The second kappa shape index (κ2) is 5.71. The molecule has 5 heteroatoms. The highest BCUT2D eigenvalue weighted by Crippen LogP contribution is 2.24. The van der Waals surface area contributed by atoms with E-state index in [4.69, 9.17) is 17.3 Å². The Morgan fingerprint density at radius 1 is 1.21 bits per heavy atom. The lowest BCUT2D eigenvalue weighted by atomic mass is 10.1. The quantitative estimate of drug-likeness (QED) is 0.903. The van der Waals surface area contributed by atoms with Crippen molar-refractivity contribution < 1.29 is 9.18 Å². The van der Waals surface area contributed by atoms with E-state index in [2.05, 4.69) is 5.32 Å². The smallest absolute Gasteiger partial charge is 0.244 e. The zero-order valence-electron chi connectivity index (χ0n) is 9.94. The summed E-state index contributed by atoms with van der Waals surface area (Å²) in [4.78, 5) is 11.5. The number of benzene rings is 2. The fraction of sp³-hybridized carbons (Fsp3) is 0.0714. The Labute approximate surface area is 115 Å². The Morgan fingerprint density at radius 2 is 1.89 bits per heavy atom. The summed E-state index contributed by atoms with van der Waals surface area (Å²) >= 11 is 5.68. The van der Waals surface area contributed by atoms with Crippen LogP contribution in [0, 0.1) is 5.82 Å². The van der Waals surface area contributed by atoms with Crippen LogP contribution in [-0.2, 0) is 4.79 Å². The van der Waals surface area contributed by atoms with Crippen LogP contribution in [0.5, 0.6) is 0 Å². The Balaban J connectivity index is 2.33. The molecule has 1 atom stereocenters. The molecule has 2 aromatic carbocycles. The average molecular weight is 279 g/mol. The molecule has 0 bridgehead atoms. The number of para-hydroxylation sites is 1. The van der Waals surface area contributed by atoms with Gasteiger partial charge < -0.3 is 11.1 Å². The van der Waals surface area contributed by atoms with Crippen molar-refractivity contribution in [2.45, 2.75) is 6.04 Å². The zero-order chi connectivity index (χ0) is 13.8. The van der Waals surface area contributed by atoms with Crippen LogP contribution in [0.4, 0.5) is 10.1 Å². The summed E-state index contributed by atoms with van der Waals surface area (Å²) in [5.74, 6) is -1.23. The number of hydrogen-bond acceptors (Lipinski definition) is 2. The van der Waals surface area contributed by atoms with Crippen molar-refractivity contribution in [3.8, 4) is 0 Å². The molecule has 0 saturated carbocycles. The summed E-state index contributed by atoms with van der Waals surface area (Å²) in [6.45, 7) is 0. The highest BCUT2D eigenvalue weighted by Gasteiger charge is 2.21. The average Bonchev–Trinajstić information content (AvgIpc) is 2.38. The molecule has 98 valence electrons. The van der Waals surface area contributed by atoms with Gasteiger partial charge in [0.05, 0.1) is 0 Å². The number of anilines is 1. The van der Waals surface area contributed by atoms with Gasteiger partial charge in [-0.1, -0.05) is 35.9 Å². The Hall–Kier alpha value is -2.07. The van der Waals surface area contributed by atoms with Gasteiger partial charge in [-0.05, 0) is 24.3 Å². The molecule has 0 radical (unpaired) electrons. The summed E-state index contributed by atoms with van der Waals surface area (Å²) in [5, 5.41) is 3.17. The molecule has 3 nitrogen and oxygen atoms in total. The van der Waals surface area contributed by atoms with Crippen molar-refractivity contribution in [2.24, 2.45) is 5.73 Å². The van der Waals surface area contributed by atoms with Crippen molar-refractivity contribution in [3.63, 3.8) is 0 Å². The van der Waals surface area contributed by atoms with Crippen molar-refractivity contribution in [2.75, 3.05) is 5.32 Å². The van der Waals surface area contributed by atoms with Crippen LogP contribution in [0.1, 0.15) is 11.6 Å². The molecule has 0 spiro atoms. The van der Waals surface area contributed by atoms with Gasteiger partial charge in [0.2, 0.25) is 5.91 Å². The lowest BCUT2D eigenvalue weighted by Gasteiger charge is -2.17. The molecule has 0 heterocycles. The number of rotatable bonds is 4. The maximum absolute atomic E-state index is 13.8. The van der Waals surface area contributed by atoms with Crippen molar-refractivity contribution in [3.05, 3.63) is 64.9 Å². The topological polar surface area (TPSA) is 55.1 Å². The number of nitrogens with one attached hydrogen (secondary N) is 1.